The molecule has 554 valence electrons. The van der Waals surface area contributed by atoms with Crippen molar-refractivity contribution in [2.24, 2.45) is 0 Å². The van der Waals surface area contributed by atoms with Crippen molar-refractivity contribution in [3.05, 3.63) is 12.2 Å². The maximum Gasteiger partial charge on any atom is 0.472 e. The molecule has 6 N–H and O–H groups in total. The van der Waals surface area contributed by atoms with Gasteiger partial charge in [-0.25, -0.2) is 9.13 Å². The van der Waals surface area contributed by atoms with Crippen LogP contribution in [0.4, 0.5) is 0 Å². The molecule has 0 aliphatic rings. The molecule has 0 aliphatic heterocycles. The standard InChI is InChI=1S/C70H130N4O19P2/c1-6-11-16-21-23-25-27-32-36-41-64(77)54-68(80)73-60(56-87-50-46-62(75)39-34-29-18-13-8-3)58-91-94(83,84)89-52-48-71-66(78)44-45-67(79)72-49-53-90-95(85,86)92-59-61(57-88-51-47-63(76)40-35-30-19-14-9-4)74-69(81)55-65(42-37-31-20-15-10-5)93-70(82)43-38-33-28-26-24-22-17-12-7-2/h26,28,60-61,65H,6-25,27,29-59H2,1-5H3,(H,71,78)(H,72,79)(H,73,80)(H,74,81)(H,83,84)(H,85,86)/b28-26-/t60?,61?,65-/m1/s1. The van der Waals surface area contributed by atoms with Crippen molar-refractivity contribution in [2.75, 3.05) is 65.9 Å². The number of phosphoric acid groups is 2. The number of Topliss-reactive ketones (excluding diaryl/α,β-unsaturated/α-hetero) is 3. The monoisotopic (exact) mass is 1390 g/mol. The van der Waals surface area contributed by atoms with Gasteiger partial charge < -0.3 is 45.3 Å². The number of ether oxygens (including phenoxy) is 3. The zero-order chi connectivity index (χ0) is 70.3. The Labute approximate surface area is 571 Å². The Bertz CT molecular complexity index is 2140. The van der Waals surface area contributed by atoms with Gasteiger partial charge in [0.15, 0.2) is 0 Å². The van der Waals surface area contributed by atoms with E-state index in [1.807, 2.05) is 0 Å². The average Bonchev–Trinajstić information content (AvgIpc) is 1.40. The quantitative estimate of drug-likeness (QED) is 0.0108. The lowest BCUT2D eigenvalue weighted by Gasteiger charge is -2.23. The highest BCUT2D eigenvalue weighted by atomic mass is 31.2. The number of amides is 4. The molecule has 4 unspecified atom stereocenters. The van der Waals surface area contributed by atoms with Gasteiger partial charge in [-0.2, -0.15) is 0 Å². The molecule has 0 saturated carbocycles. The molecule has 0 heterocycles. The van der Waals surface area contributed by atoms with Crippen LogP contribution in [0.1, 0.15) is 304 Å². The summed E-state index contributed by atoms with van der Waals surface area (Å²) >= 11 is 0. The number of esters is 1. The van der Waals surface area contributed by atoms with Crippen molar-refractivity contribution in [1.29, 1.82) is 0 Å². The lowest BCUT2D eigenvalue weighted by atomic mass is 10.0. The molecule has 0 fully saturated rings. The van der Waals surface area contributed by atoms with E-state index in [0.717, 1.165) is 135 Å². The average molecular weight is 1390 g/mol. The van der Waals surface area contributed by atoms with E-state index in [9.17, 15) is 57.3 Å². The van der Waals surface area contributed by atoms with E-state index in [-0.39, 0.29) is 114 Å². The van der Waals surface area contributed by atoms with Gasteiger partial charge in [-0.05, 0) is 57.8 Å². The normalized spacial score (nSPS) is 13.8. The summed E-state index contributed by atoms with van der Waals surface area (Å²) in [7, 11) is -9.52. The topological polar surface area (TPSA) is 324 Å². The van der Waals surface area contributed by atoms with Gasteiger partial charge >= 0.3 is 21.6 Å². The van der Waals surface area contributed by atoms with E-state index in [0.29, 0.717) is 32.1 Å². The summed E-state index contributed by atoms with van der Waals surface area (Å²) < 4.78 is 63.7. The number of carbonyl (C=O) groups excluding carboxylic acids is 8. The fourth-order valence-corrected chi connectivity index (χ4v) is 11.7. The Morgan fingerprint density at radius 1 is 0.379 bits per heavy atom. The van der Waals surface area contributed by atoms with Gasteiger partial charge in [0.25, 0.3) is 0 Å². The Kier molecular flexibility index (Phi) is 61.2. The highest BCUT2D eigenvalue weighted by Crippen LogP contribution is 2.43. The molecular weight excluding hydrogens is 1260 g/mol. The molecule has 5 atom stereocenters. The summed E-state index contributed by atoms with van der Waals surface area (Å²) in [4.78, 5) is 123. The van der Waals surface area contributed by atoms with E-state index < -0.39 is 83.9 Å². The van der Waals surface area contributed by atoms with Crippen molar-refractivity contribution in [3.8, 4) is 0 Å². The van der Waals surface area contributed by atoms with Crippen LogP contribution in [-0.4, -0.2) is 141 Å². The van der Waals surface area contributed by atoms with Gasteiger partial charge in [0.1, 0.15) is 23.5 Å². The molecule has 0 aromatic heterocycles. The van der Waals surface area contributed by atoms with Crippen LogP contribution in [-0.2, 0) is 79.8 Å². The minimum atomic E-state index is -4.78. The summed E-state index contributed by atoms with van der Waals surface area (Å²) in [6, 6.07) is -1.94. The maximum absolute atomic E-state index is 13.6. The predicted molar refractivity (Wildman–Crippen MR) is 371 cm³/mol. The van der Waals surface area contributed by atoms with Gasteiger partial charge in [0, 0.05) is 64.5 Å². The number of nitrogens with one attached hydrogen (secondary N) is 4. The molecule has 0 aliphatic carbocycles. The lowest BCUT2D eigenvalue weighted by molar-refractivity contribution is -0.151. The first-order valence-corrected chi connectivity index (χ1v) is 39.7. The first kappa shape index (κ1) is 91.2. The predicted octanol–water partition coefficient (Wildman–Crippen LogP) is 14.1. The van der Waals surface area contributed by atoms with Gasteiger partial charge in [-0.1, -0.05) is 194 Å². The fourth-order valence-electron chi connectivity index (χ4n) is 10.1. The van der Waals surface area contributed by atoms with Crippen LogP contribution in [0, 0.1) is 0 Å². The summed E-state index contributed by atoms with van der Waals surface area (Å²) in [5.41, 5.74) is 0. The second kappa shape index (κ2) is 63.7. The van der Waals surface area contributed by atoms with Gasteiger partial charge in [-0.15, -0.1) is 0 Å². The maximum atomic E-state index is 13.6. The van der Waals surface area contributed by atoms with Crippen LogP contribution < -0.4 is 21.3 Å². The van der Waals surface area contributed by atoms with Crippen molar-refractivity contribution in [3.63, 3.8) is 0 Å². The number of unbranched alkanes of at least 4 members (excludes halogenated alkanes) is 25. The molecule has 23 nitrogen and oxygen atoms in total. The minimum absolute atomic E-state index is 0.0409. The summed E-state index contributed by atoms with van der Waals surface area (Å²) in [5, 5.41) is 10.4. The van der Waals surface area contributed by atoms with E-state index in [1.54, 1.807) is 0 Å². The molecule has 0 aromatic rings. The first-order chi connectivity index (χ1) is 45.8. The molecule has 95 heavy (non-hydrogen) atoms. The number of phosphoric ester groups is 2. The van der Waals surface area contributed by atoms with Crippen molar-refractivity contribution < 1.29 is 89.6 Å². The highest BCUT2D eigenvalue weighted by molar-refractivity contribution is 7.47. The number of ketones is 3. The third kappa shape index (κ3) is 62.3. The van der Waals surface area contributed by atoms with Crippen LogP contribution in [0.25, 0.3) is 0 Å². The Morgan fingerprint density at radius 2 is 0.758 bits per heavy atom. The van der Waals surface area contributed by atoms with Crippen LogP contribution in [0.2, 0.25) is 0 Å². The van der Waals surface area contributed by atoms with Crippen molar-refractivity contribution >= 4 is 62.6 Å². The minimum Gasteiger partial charge on any atom is -0.462 e. The van der Waals surface area contributed by atoms with Crippen LogP contribution >= 0.6 is 15.6 Å². The number of carbonyl (C=O) groups is 8. The van der Waals surface area contributed by atoms with E-state index in [1.165, 1.54) is 51.4 Å². The number of hydrogen-bond donors (Lipinski definition) is 6. The molecule has 0 radical (unpaired) electrons. The molecule has 0 rings (SSSR count). The van der Waals surface area contributed by atoms with Gasteiger partial charge in [0.05, 0.1) is 77.8 Å². The number of hydrogen-bond acceptors (Lipinski definition) is 17. The smallest absolute Gasteiger partial charge is 0.462 e. The number of allylic oxidation sites excluding steroid dienone is 2. The van der Waals surface area contributed by atoms with Crippen molar-refractivity contribution in [1.82, 2.24) is 21.3 Å². The summed E-state index contributed by atoms with van der Waals surface area (Å²) in [6.07, 6.45) is 36.3. The summed E-state index contributed by atoms with van der Waals surface area (Å²) in [5.74, 6) is -2.83. The second-order valence-electron chi connectivity index (χ2n) is 25.0. The highest BCUT2D eigenvalue weighted by Gasteiger charge is 2.28. The second-order valence-corrected chi connectivity index (χ2v) is 27.9. The van der Waals surface area contributed by atoms with Crippen LogP contribution in [0.15, 0.2) is 12.2 Å². The number of rotatable bonds is 71. The zero-order valence-electron chi connectivity index (χ0n) is 59.4. The molecular formula is C70H130N4O19P2. The third-order valence-corrected chi connectivity index (χ3v) is 17.7. The van der Waals surface area contributed by atoms with Gasteiger partial charge in [0.2, 0.25) is 23.6 Å². The van der Waals surface area contributed by atoms with E-state index in [2.05, 4.69) is 68.0 Å². The molecule has 0 saturated heterocycles. The van der Waals surface area contributed by atoms with E-state index in [4.69, 9.17) is 32.3 Å². The Balaban J connectivity index is 5.29. The molecule has 0 aromatic carbocycles. The van der Waals surface area contributed by atoms with Crippen molar-refractivity contribution in [2.45, 2.75) is 322 Å². The molecule has 0 bridgehead atoms. The summed E-state index contributed by atoms with van der Waals surface area (Å²) in [6.45, 7) is 7.98. The van der Waals surface area contributed by atoms with Crippen LogP contribution in [0.5, 0.6) is 0 Å². The fraction of sp³-hybridized carbons (Fsp3) is 0.857. The first-order valence-electron chi connectivity index (χ1n) is 36.7. The van der Waals surface area contributed by atoms with E-state index >= 15 is 0 Å². The third-order valence-electron chi connectivity index (χ3n) is 15.8. The Morgan fingerprint density at radius 3 is 1.20 bits per heavy atom. The van der Waals surface area contributed by atoms with Crippen LogP contribution in [0.3, 0.4) is 0 Å². The SMILES string of the molecule is CCCCCC/C=C\CCCC(=O)O[C@H](CCCCCCC)CC(=O)NC(COCCC(=O)CCCCCCC)COP(=O)(O)OCCNC(=O)CCC(=O)NCCOP(=O)(O)OCC(COCCC(=O)CCCCCCC)NC(=O)CC(=O)CCCCCCCCCCC. The van der Waals surface area contributed by atoms with Gasteiger partial charge in [-0.3, -0.25) is 56.5 Å². The molecule has 0 spiro atoms. The molecule has 25 heteroatoms. The molecule has 4 amide bonds. The largest absolute Gasteiger partial charge is 0.472 e. The lowest BCUT2D eigenvalue weighted by Crippen LogP contribution is -2.43. The zero-order valence-corrected chi connectivity index (χ0v) is 61.2. The Hall–Kier alpha value is -3.76.